The van der Waals surface area contributed by atoms with Gasteiger partial charge in [-0.15, -0.1) is 0 Å². The van der Waals surface area contributed by atoms with E-state index in [0.717, 1.165) is 94.8 Å². The van der Waals surface area contributed by atoms with Crippen LogP contribution in [0.15, 0.2) is 23.0 Å². The Balaban J connectivity index is 1.12. The fourth-order valence-electron chi connectivity index (χ4n) is 5.84. The number of aromatic nitrogens is 2. The highest BCUT2D eigenvalue weighted by molar-refractivity contribution is 6.00. The molecule has 0 radical (unpaired) electrons. The zero-order chi connectivity index (χ0) is 25.9. The average Bonchev–Trinajstić information content (AvgIpc) is 3.13. The molecule has 1 atom stereocenters. The molecule has 37 heavy (non-hydrogen) atoms. The number of nitrogens with one attached hydrogen (secondary N) is 1. The van der Waals surface area contributed by atoms with Crippen molar-refractivity contribution in [2.45, 2.75) is 50.8 Å². The van der Waals surface area contributed by atoms with E-state index in [2.05, 4.69) is 33.1 Å². The van der Waals surface area contributed by atoms with Crippen molar-refractivity contribution < 1.29 is 14.3 Å². The van der Waals surface area contributed by atoms with E-state index in [9.17, 15) is 14.4 Å². The number of hydrogen-bond acceptors (Lipinski definition) is 7. The van der Waals surface area contributed by atoms with E-state index in [-0.39, 0.29) is 18.0 Å². The van der Waals surface area contributed by atoms with Crippen LogP contribution in [0.5, 0.6) is 0 Å². The third-order valence-electron chi connectivity index (χ3n) is 8.18. The summed E-state index contributed by atoms with van der Waals surface area (Å²) in [6.45, 7) is 9.43. The molecular weight excluding hydrogens is 472 g/mol. The second-order valence-electron chi connectivity index (χ2n) is 10.8. The van der Waals surface area contributed by atoms with Gasteiger partial charge in [-0.3, -0.25) is 28.9 Å². The lowest BCUT2D eigenvalue weighted by molar-refractivity contribution is -0.135. The molecule has 3 aliphatic rings. The summed E-state index contributed by atoms with van der Waals surface area (Å²) >= 11 is 0. The van der Waals surface area contributed by atoms with Crippen LogP contribution in [0.4, 0.5) is 0 Å². The fraction of sp³-hybridized carbons (Fsp3) is 0.667. The maximum absolute atomic E-state index is 13.0. The number of rotatable bonds is 8. The van der Waals surface area contributed by atoms with Gasteiger partial charge in [0.15, 0.2) is 0 Å². The molecule has 10 heteroatoms. The van der Waals surface area contributed by atoms with E-state index in [1.807, 2.05) is 12.1 Å². The maximum Gasteiger partial charge on any atom is 0.329 e. The summed E-state index contributed by atoms with van der Waals surface area (Å²) in [5.74, 6) is -0.684. The molecular formula is C27H40N6O4. The van der Waals surface area contributed by atoms with E-state index in [1.54, 1.807) is 11.6 Å². The summed E-state index contributed by atoms with van der Waals surface area (Å²) in [7, 11) is 3.93. The summed E-state index contributed by atoms with van der Waals surface area (Å²) < 4.78 is 9.33. The minimum atomic E-state index is -0.652. The molecule has 0 aliphatic carbocycles. The van der Waals surface area contributed by atoms with E-state index < -0.39 is 11.9 Å². The van der Waals surface area contributed by atoms with Crippen LogP contribution in [-0.4, -0.2) is 101 Å². The third-order valence-corrected chi connectivity index (χ3v) is 8.18. The number of aryl methyl sites for hydroxylation is 1. The molecule has 1 aromatic carbocycles. The predicted octanol–water partition coefficient (Wildman–Crippen LogP) is 0.936. The molecule has 2 aromatic rings. The molecule has 3 fully saturated rings. The summed E-state index contributed by atoms with van der Waals surface area (Å²) in [5, 5.41) is 2.36. The molecule has 10 nitrogen and oxygen atoms in total. The number of carbonyl (C=O) groups excluding carboxylic acids is 2. The van der Waals surface area contributed by atoms with Gasteiger partial charge in [0.2, 0.25) is 11.8 Å². The Hall–Kier alpha value is -2.53. The van der Waals surface area contributed by atoms with Crippen LogP contribution in [0.3, 0.4) is 0 Å². The van der Waals surface area contributed by atoms with Gasteiger partial charge in [0.25, 0.3) is 0 Å². The molecule has 1 aromatic heterocycles. The van der Waals surface area contributed by atoms with Crippen molar-refractivity contribution in [3.8, 4) is 0 Å². The Labute approximate surface area is 218 Å². The molecule has 0 bridgehead atoms. The van der Waals surface area contributed by atoms with Crippen LogP contribution in [0, 0.1) is 0 Å². The summed E-state index contributed by atoms with van der Waals surface area (Å²) in [6, 6.07) is 5.39. The molecule has 0 saturated carbocycles. The van der Waals surface area contributed by atoms with Gasteiger partial charge in [-0.2, -0.15) is 0 Å². The Morgan fingerprint density at radius 2 is 1.68 bits per heavy atom. The zero-order valence-electron chi connectivity index (χ0n) is 22.2. The lowest BCUT2D eigenvalue weighted by Crippen LogP contribution is -2.44. The first-order valence-electron chi connectivity index (χ1n) is 13.7. The number of benzene rings is 1. The number of piperazine rings is 1. The topological polar surface area (TPSA) is 92.1 Å². The Kier molecular flexibility index (Phi) is 8.09. The molecule has 202 valence electrons. The van der Waals surface area contributed by atoms with Crippen molar-refractivity contribution in [1.82, 2.24) is 29.2 Å². The quantitative estimate of drug-likeness (QED) is 0.416. The van der Waals surface area contributed by atoms with Crippen LogP contribution < -0.4 is 11.0 Å². The SMILES string of the molecule is CN1CCN(CCCOC2CCN(Cc3ccc4c(c3)n(C)c(=O)n4C3CCC(=O)NC3=O)CC2)CC1. The van der Waals surface area contributed by atoms with Crippen LogP contribution in [-0.2, 0) is 27.9 Å². The number of nitrogens with zero attached hydrogens (tertiary/aromatic N) is 5. The Morgan fingerprint density at radius 1 is 0.919 bits per heavy atom. The zero-order valence-corrected chi connectivity index (χ0v) is 22.2. The lowest BCUT2D eigenvalue weighted by atomic mass is 10.1. The second kappa shape index (κ2) is 11.5. The number of imidazole rings is 1. The molecule has 2 amide bonds. The van der Waals surface area contributed by atoms with Crippen LogP contribution in [0.1, 0.15) is 43.7 Å². The van der Waals surface area contributed by atoms with E-state index in [4.69, 9.17) is 4.74 Å². The van der Waals surface area contributed by atoms with Gasteiger partial charge < -0.3 is 14.5 Å². The van der Waals surface area contributed by atoms with Crippen molar-refractivity contribution in [2.75, 3.05) is 59.5 Å². The molecule has 3 saturated heterocycles. The van der Waals surface area contributed by atoms with Crippen LogP contribution in [0.2, 0.25) is 0 Å². The van der Waals surface area contributed by atoms with Crippen LogP contribution >= 0.6 is 0 Å². The van der Waals surface area contributed by atoms with Gasteiger partial charge >= 0.3 is 5.69 Å². The number of carbonyl (C=O) groups is 2. The number of amides is 2. The lowest BCUT2D eigenvalue weighted by Gasteiger charge is -2.33. The van der Waals surface area contributed by atoms with Gasteiger partial charge in [-0.05, 0) is 50.4 Å². The predicted molar refractivity (Wildman–Crippen MR) is 141 cm³/mol. The highest BCUT2D eigenvalue weighted by Gasteiger charge is 2.31. The van der Waals surface area contributed by atoms with Gasteiger partial charge in [-0.25, -0.2) is 4.79 Å². The Morgan fingerprint density at radius 3 is 2.41 bits per heavy atom. The van der Waals surface area contributed by atoms with Crippen LogP contribution in [0.25, 0.3) is 11.0 Å². The number of likely N-dealkylation sites (N-methyl/N-ethyl adjacent to an activating group) is 1. The van der Waals surface area contributed by atoms with Crippen molar-refractivity contribution >= 4 is 22.8 Å². The van der Waals surface area contributed by atoms with Crippen molar-refractivity contribution in [2.24, 2.45) is 7.05 Å². The van der Waals surface area contributed by atoms with Crippen molar-refractivity contribution in [3.05, 3.63) is 34.2 Å². The molecule has 4 heterocycles. The largest absolute Gasteiger partial charge is 0.378 e. The van der Waals surface area contributed by atoms with E-state index >= 15 is 0 Å². The normalized spacial score (nSPS) is 23.1. The smallest absolute Gasteiger partial charge is 0.329 e. The highest BCUT2D eigenvalue weighted by atomic mass is 16.5. The number of likely N-dealkylation sites (tertiary alicyclic amines) is 1. The van der Waals surface area contributed by atoms with Gasteiger partial charge in [-0.1, -0.05) is 6.07 Å². The second-order valence-corrected chi connectivity index (χ2v) is 10.8. The third kappa shape index (κ3) is 5.98. The minimum absolute atomic E-state index is 0.229. The number of fused-ring (bicyclic) bond motifs is 1. The highest BCUT2D eigenvalue weighted by Crippen LogP contribution is 2.25. The summed E-state index contributed by atoms with van der Waals surface area (Å²) in [4.78, 5) is 44.3. The Bertz CT molecular complexity index is 1170. The van der Waals surface area contributed by atoms with Crippen molar-refractivity contribution in [1.29, 1.82) is 0 Å². The monoisotopic (exact) mass is 512 g/mol. The van der Waals surface area contributed by atoms with E-state index in [0.29, 0.717) is 12.5 Å². The average molecular weight is 513 g/mol. The molecule has 5 rings (SSSR count). The number of piperidine rings is 2. The fourth-order valence-corrected chi connectivity index (χ4v) is 5.84. The number of hydrogen-bond donors (Lipinski definition) is 1. The standard InChI is InChI=1S/C27H40N6O4/c1-29-13-15-31(16-14-29)10-3-17-37-21-8-11-32(12-9-21)19-20-4-5-22-24(18-20)30(2)27(36)33(22)23-6-7-25(34)28-26(23)35/h4-5,18,21,23H,3,6-17,19H2,1-2H3,(H,28,34,35). The first kappa shape index (κ1) is 26.1. The van der Waals surface area contributed by atoms with E-state index in [1.165, 1.54) is 4.57 Å². The molecule has 3 aliphatic heterocycles. The first-order chi connectivity index (χ1) is 17.9. The van der Waals surface area contributed by atoms with Gasteiger partial charge in [0.1, 0.15) is 6.04 Å². The summed E-state index contributed by atoms with van der Waals surface area (Å²) in [5.41, 5.74) is 2.46. The van der Waals surface area contributed by atoms with Crippen molar-refractivity contribution in [3.63, 3.8) is 0 Å². The molecule has 0 spiro atoms. The first-order valence-corrected chi connectivity index (χ1v) is 13.7. The number of ether oxygens (including phenoxy) is 1. The summed E-state index contributed by atoms with van der Waals surface area (Å²) in [6.07, 6.45) is 4.11. The number of imide groups is 1. The minimum Gasteiger partial charge on any atom is -0.378 e. The van der Waals surface area contributed by atoms with Gasteiger partial charge in [0.05, 0.1) is 17.1 Å². The molecule has 1 N–H and O–H groups in total. The van der Waals surface area contributed by atoms with Gasteiger partial charge in [0, 0.05) is 72.4 Å². The maximum atomic E-state index is 13.0. The molecule has 1 unspecified atom stereocenters.